The molecular formula is C26H31FN2O2. The number of piperidine rings is 1. The predicted molar refractivity (Wildman–Crippen MR) is 121 cm³/mol. The SMILES string of the molecule is C/C=C(\C)CN1CCC2(CC1)c1ccccc1[C@@H](NC(=O)c1cccc(F)c1)[C@@H]2OC. The molecule has 164 valence electrons. The molecule has 1 aliphatic carbocycles. The average Bonchev–Trinajstić information content (AvgIpc) is 3.04. The van der Waals surface area contributed by atoms with Crippen molar-refractivity contribution < 1.29 is 13.9 Å². The topological polar surface area (TPSA) is 41.6 Å². The highest BCUT2D eigenvalue weighted by Gasteiger charge is 2.53. The van der Waals surface area contributed by atoms with Gasteiger partial charge in [-0.05, 0) is 69.1 Å². The van der Waals surface area contributed by atoms with E-state index in [1.54, 1.807) is 19.2 Å². The lowest BCUT2D eigenvalue weighted by Gasteiger charge is -2.44. The molecule has 1 fully saturated rings. The Morgan fingerprint density at radius 2 is 1.97 bits per heavy atom. The van der Waals surface area contributed by atoms with Crippen molar-refractivity contribution in [1.82, 2.24) is 10.2 Å². The van der Waals surface area contributed by atoms with Gasteiger partial charge in [0.05, 0.1) is 12.1 Å². The van der Waals surface area contributed by atoms with Crippen molar-refractivity contribution in [3.8, 4) is 0 Å². The Bertz CT molecular complexity index is 979. The van der Waals surface area contributed by atoms with Gasteiger partial charge in [-0.3, -0.25) is 9.69 Å². The van der Waals surface area contributed by atoms with Crippen LogP contribution in [-0.2, 0) is 10.2 Å². The van der Waals surface area contributed by atoms with E-state index in [9.17, 15) is 9.18 Å². The fourth-order valence-electron chi connectivity index (χ4n) is 5.33. The summed E-state index contributed by atoms with van der Waals surface area (Å²) < 4.78 is 19.7. The highest BCUT2D eigenvalue weighted by Crippen LogP contribution is 2.52. The van der Waals surface area contributed by atoms with Crippen molar-refractivity contribution in [2.45, 2.75) is 44.2 Å². The third kappa shape index (κ3) is 4.04. The summed E-state index contributed by atoms with van der Waals surface area (Å²) in [4.78, 5) is 15.4. The van der Waals surface area contributed by atoms with Gasteiger partial charge in [0.25, 0.3) is 5.91 Å². The maximum Gasteiger partial charge on any atom is 0.251 e. The molecule has 0 saturated carbocycles. The number of allylic oxidation sites excluding steroid dienone is 1. The number of halogens is 1. The molecule has 2 atom stereocenters. The molecule has 0 bridgehead atoms. The Balaban J connectivity index is 1.61. The fourth-order valence-corrected chi connectivity index (χ4v) is 5.33. The second-order valence-electron chi connectivity index (χ2n) is 8.77. The molecule has 5 heteroatoms. The third-order valence-electron chi connectivity index (χ3n) is 7.02. The number of hydrogen-bond donors (Lipinski definition) is 1. The van der Waals surface area contributed by atoms with Gasteiger partial charge in [-0.25, -0.2) is 4.39 Å². The van der Waals surface area contributed by atoms with Gasteiger partial charge in [-0.15, -0.1) is 0 Å². The largest absolute Gasteiger partial charge is 0.378 e. The zero-order valence-electron chi connectivity index (χ0n) is 18.5. The zero-order valence-corrected chi connectivity index (χ0v) is 18.5. The van der Waals surface area contributed by atoms with Crippen molar-refractivity contribution in [2.75, 3.05) is 26.7 Å². The van der Waals surface area contributed by atoms with Gasteiger partial charge >= 0.3 is 0 Å². The Hall–Kier alpha value is -2.50. The summed E-state index contributed by atoms with van der Waals surface area (Å²) in [5.41, 5.74) is 3.95. The van der Waals surface area contributed by atoms with Crippen molar-refractivity contribution in [2.24, 2.45) is 0 Å². The summed E-state index contributed by atoms with van der Waals surface area (Å²) in [7, 11) is 1.73. The third-order valence-corrected chi connectivity index (χ3v) is 7.02. The Labute approximate surface area is 184 Å². The molecular weight excluding hydrogens is 391 g/mol. The van der Waals surface area contributed by atoms with E-state index in [0.717, 1.165) is 38.0 Å². The number of amides is 1. The lowest BCUT2D eigenvalue weighted by atomic mass is 9.72. The van der Waals surface area contributed by atoms with Crippen LogP contribution in [0.3, 0.4) is 0 Å². The van der Waals surface area contributed by atoms with Gasteiger partial charge < -0.3 is 10.1 Å². The lowest BCUT2D eigenvalue weighted by Crippen LogP contribution is -2.50. The minimum atomic E-state index is -0.414. The maximum absolute atomic E-state index is 13.6. The number of nitrogens with zero attached hydrogens (tertiary/aromatic N) is 1. The quantitative estimate of drug-likeness (QED) is 0.715. The molecule has 2 aliphatic rings. The number of benzene rings is 2. The summed E-state index contributed by atoms with van der Waals surface area (Å²) in [6.45, 7) is 7.23. The molecule has 2 aromatic rings. The Kier molecular flexibility index (Phi) is 6.26. The number of hydrogen-bond acceptors (Lipinski definition) is 3. The molecule has 4 rings (SSSR count). The van der Waals surface area contributed by atoms with E-state index < -0.39 is 5.82 Å². The van der Waals surface area contributed by atoms with E-state index >= 15 is 0 Å². The van der Waals surface area contributed by atoms with Crippen molar-refractivity contribution >= 4 is 5.91 Å². The normalized spacial score (nSPS) is 23.0. The smallest absolute Gasteiger partial charge is 0.251 e. The molecule has 0 radical (unpaired) electrons. The van der Waals surface area contributed by atoms with Gasteiger partial charge in [-0.1, -0.05) is 42.0 Å². The van der Waals surface area contributed by atoms with Crippen LogP contribution >= 0.6 is 0 Å². The van der Waals surface area contributed by atoms with E-state index in [2.05, 4.69) is 48.3 Å². The van der Waals surface area contributed by atoms with Crippen LogP contribution in [0.25, 0.3) is 0 Å². The van der Waals surface area contributed by atoms with Gasteiger partial charge in [-0.2, -0.15) is 0 Å². The molecule has 0 aromatic heterocycles. The van der Waals surface area contributed by atoms with E-state index in [1.807, 2.05) is 6.07 Å². The van der Waals surface area contributed by atoms with Crippen LogP contribution < -0.4 is 5.32 Å². The van der Waals surface area contributed by atoms with Crippen LogP contribution in [0.2, 0.25) is 0 Å². The molecule has 1 aliphatic heterocycles. The first-order valence-electron chi connectivity index (χ1n) is 11.0. The molecule has 2 aromatic carbocycles. The van der Waals surface area contributed by atoms with Crippen LogP contribution in [0.1, 0.15) is 54.2 Å². The van der Waals surface area contributed by atoms with Crippen LogP contribution in [0, 0.1) is 5.82 Å². The minimum Gasteiger partial charge on any atom is -0.378 e. The van der Waals surface area contributed by atoms with E-state index in [1.165, 1.54) is 23.3 Å². The Morgan fingerprint density at radius 3 is 2.65 bits per heavy atom. The summed E-state index contributed by atoms with van der Waals surface area (Å²) in [5, 5.41) is 3.15. The van der Waals surface area contributed by atoms with Crippen molar-refractivity contribution in [3.05, 3.63) is 82.7 Å². The second-order valence-corrected chi connectivity index (χ2v) is 8.77. The van der Waals surface area contributed by atoms with Gasteiger partial charge in [0.1, 0.15) is 5.82 Å². The van der Waals surface area contributed by atoms with Gasteiger partial charge in [0.15, 0.2) is 0 Å². The maximum atomic E-state index is 13.6. The summed E-state index contributed by atoms with van der Waals surface area (Å²) in [6.07, 6.45) is 3.97. The lowest BCUT2D eigenvalue weighted by molar-refractivity contribution is -0.0100. The number of carbonyl (C=O) groups excluding carboxylic acids is 1. The molecule has 1 heterocycles. The average molecular weight is 423 g/mol. The van der Waals surface area contributed by atoms with E-state index in [4.69, 9.17) is 4.74 Å². The summed E-state index contributed by atoms with van der Waals surface area (Å²) in [6, 6.07) is 13.9. The molecule has 1 amide bonds. The van der Waals surface area contributed by atoms with Crippen molar-refractivity contribution in [3.63, 3.8) is 0 Å². The monoisotopic (exact) mass is 422 g/mol. The van der Waals surface area contributed by atoms with Crippen LogP contribution in [0.4, 0.5) is 4.39 Å². The number of likely N-dealkylation sites (tertiary alicyclic amines) is 1. The van der Waals surface area contributed by atoms with Crippen LogP contribution in [-0.4, -0.2) is 43.7 Å². The number of fused-ring (bicyclic) bond motifs is 2. The molecule has 31 heavy (non-hydrogen) atoms. The fraction of sp³-hybridized carbons (Fsp3) is 0.423. The molecule has 0 unspecified atom stereocenters. The highest BCUT2D eigenvalue weighted by molar-refractivity contribution is 5.94. The second kappa shape index (κ2) is 8.93. The van der Waals surface area contributed by atoms with Crippen LogP contribution in [0.5, 0.6) is 0 Å². The first-order chi connectivity index (χ1) is 15.0. The number of ether oxygens (including phenoxy) is 1. The molecule has 1 spiro atoms. The number of nitrogens with one attached hydrogen (secondary N) is 1. The first-order valence-corrected chi connectivity index (χ1v) is 11.0. The first kappa shape index (κ1) is 21.7. The van der Waals surface area contributed by atoms with Crippen LogP contribution in [0.15, 0.2) is 60.2 Å². The minimum absolute atomic E-state index is 0.133. The number of carbonyl (C=O) groups is 1. The van der Waals surface area contributed by atoms with Gasteiger partial charge in [0.2, 0.25) is 0 Å². The summed E-state index contributed by atoms with van der Waals surface area (Å²) >= 11 is 0. The summed E-state index contributed by atoms with van der Waals surface area (Å²) in [5.74, 6) is -0.692. The number of methoxy groups -OCH3 is 1. The standard InChI is InChI=1S/C26H31FN2O2/c1-4-18(2)17-29-14-12-26(13-15-29)22-11-6-5-10-21(22)23(24(26)31-3)28-25(30)19-8-7-9-20(27)16-19/h4-11,16,23-24H,12-15,17H2,1-3H3,(H,28,30)/b18-4+/t23-,24+/m1/s1. The zero-order chi connectivity index (χ0) is 22.0. The predicted octanol–water partition coefficient (Wildman–Crippen LogP) is 4.63. The molecule has 1 N–H and O–H groups in total. The van der Waals surface area contributed by atoms with E-state index in [0.29, 0.717) is 5.56 Å². The number of rotatable bonds is 5. The van der Waals surface area contributed by atoms with E-state index in [-0.39, 0.29) is 23.5 Å². The Morgan fingerprint density at radius 1 is 1.23 bits per heavy atom. The molecule has 4 nitrogen and oxygen atoms in total. The van der Waals surface area contributed by atoms with Crippen molar-refractivity contribution in [1.29, 1.82) is 0 Å². The van der Waals surface area contributed by atoms with Gasteiger partial charge in [0, 0.05) is 24.6 Å². The highest BCUT2D eigenvalue weighted by atomic mass is 19.1. The molecule has 1 saturated heterocycles.